The van der Waals surface area contributed by atoms with Crippen molar-refractivity contribution < 1.29 is 0 Å². The van der Waals surface area contributed by atoms with Crippen molar-refractivity contribution in [3.8, 4) is 12.1 Å². The number of benzene rings is 3. The maximum atomic E-state index is 9.36. The highest BCUT2D eigenvalue weighted by molar-refractivity contribution is 6.04. The lowest BCUT2D eigenvalue weighted by Gasteiger charge is -2.05. The molecule has 0 aromatic heterocycles. The van der Waals surface area contributed by atoms with Crippen molar-refractivity contribution in [1.29, 1.82) is 10.5 Å². The van der Waals surface area contributed by atoms with E-state index >= 15 is 0 Å². The van der Waals surface area contributed by atoms with Gasteiger partial charge in [0.15, 0.2) is 0 Å². The summed E-state index contributed by atoms with van der Waals surface area (Å²) in [5.74, 6) is 0. The minimum absolute atomic E-state index is 0.578. The molecule has 0 amide bonds. The summed E-state index contributed by atoms with van der Waals surface area (Å²) in [6.07, 6.45) is 0. The predicted octanol–water partition coefficient (Wildman–Crippen LogP) is 3.74. The molecular weight excluding hydrogens is 220 g/mol. The van der Waals surface area contributed by atoms with Gasteiger partial charge in [-0.25, -0.2) is 0 Å². The van der Waals surface area contributed by atoms with E-state index in [2.05, 4.69) is 12.1 Å². The van der Waals surface area contributed by atoms with E-state index in [1.807, 2.05) is 36.4 Å². The minimum Gasteiger partial charge on any atom is -0.192 e. The van der Waals surface area contributed by atoms with Gasteiger partial charge in [-0.15, -0.1) is 0 Å². The van der Waals surface area contributed by atoms with Crippen molar-refractivity contribution >= 4 is 21.5 Å². The Kier molecular flexibility index (Phi) is 2.22. The van der Waals surface area contributed by atoms with Crippen LogP contribution < -0.4 is 0 Å². The van der Waals surface area contributed by atoms with Crippen LogP contribution in [-0.2, 0) is 0 Å². The standard InChI is InChI=1S/C16H8N2/c17-9-11-5-6-13-8-12-3-1-2-4-14(12)16(10-18)15(13)7-11/h1-8H. The third-order valence-electron chi connectivity index (χ3n) is 3.10. The number of fused-ring (bicyclic) bond motifs is 2. The molecule has 0 atom stereocenters. The van der Waals surface area contributed by atoms with Crippen LogP contribution in [0.2, 0.25) is 0 Å². The van der Waals surface area contributed by atoms with E-state index < -0.39 is 0 Å². The van der Waals surface area contributed by atoms with Gasteiger partial charge in [-0.3, -0.25) is 0 Å². The highest BCUT2D eigenvalue weighted by atomic mass is 14.3. The smallest absolute Gasteiger partial charge is 0.100 e. The molecule has 0 spiro atoms. The van der Waals surface area contributed by atoms with Crippen LogP contribution >= 0.6 is 0 Å². The van der Waals surface area contributed by atoms with Crippen LogP contribution in [0.5, 0.6) is 0 Å². The molecule has 0 aliphatic carbocycles. The van der Waals surface area contributed by atoms with Crippen LogP contribution in [0.25, 0.3) is 21.5 Å². The summed E-state index contributed by atoms with van der Waals surface area (Å²) >= 11 is 0. The largest absolute Gasteiger partial charge is 0.192 e. The zero-order chi connectivity index (χ0) is 12.5. The van der Waals surface area contributed by atoms with Crippen LogP contribution in [0.3, 0.4) is 0 Å². The second-order valence-corrected chi connectivity index (χ2v) is 4.13. The quantitative estimate of drug-likeness (QED) is 0.550. The van der Waals surface area contributed by atoms with Crippen molar-refractivity contribution in [1.82, 2.24) is 0 Å². The Morgan fingerprint density at radius 1 is 0.722 bits per heavy atom. The Balaban J connectivity index is 2.57. The van der Waals surface area contributed by atoms with Gasteiger partial charge in [0.05, 0.1) is 17.2 Å². The molecule has 0 fully saturated rings. The molecule has 0 aliphatic rings. The van der Waals surface area contributed by atoms with Gasteiger partial charge in [-0.2, -0.15) is 10.5 Å². The lowest BCUT2D eigenvalue weighted by atomic mass is 9.96. The minimum atomic E-state index is 0.578. The molecule has 0 heterocycles. The molecule has 82 valence electrons. The van der Waals surface area contributed by atoms with E-state index in [-0.39, 0.29) is 0 Å². The van der Waals surface area contributed by atoms with Gasteiger partial charge in [0.25, 0.3) is 0 Å². The van der Waals surface area contributed by atoms with Crippen molar-refractivity contribution in [3.05, 3.63) is 59.7 Å². The lowest BCUT2D eigenvalue weighted by Crippen LogP contribution is -1.85. The number of hydrogen-bond acceptors (Lipinski definition) is 2. The molecule has 0 unspecified atom stereocenters. The number of nitriles is 2. The number of rotatable bonds is 0. The second-order valence-electron chi connectivity index (χ2n) is 4.13. The zero-order valence-corrected chi connectivity index (χ0v) is 9.51. The molecular formula is C16H8N2. The molecule has 0 saturated carbocycles. The van der Waals surface area contributed by atoms with Gasteiger partial charge in [0.2, 0.25) is 0 Å². The zero-order valence-electron chi connectivity index (χ0n) is 9.51. The molecule has 0 saturated heterocycles. The molecule has 3 aromatic carbocycles. The Morgan fingerprint density at radius 3 is 2.28 bits per heavy atom. The van der Waals surface area contributed by atoms with Crippen molar-refractivity contribution in [2.24, 2.45) is 0 Å². The molecule has 0 bridgehead atoms. The molecule has 0 radical (unpaired) electrons. The molecule has 3 rings (SSSR count). The molecule has 0 aliphatic heterocycles. The van der Waals surface area contributed by atoms with E-state index in [9.17, 15) is 5.26 Å². The van der Waals surface area contributed by atoms with Crippen LogP contribution in [0, 0.1) is 22.7 Å². The Labute approximate surface area is 104 Å². The fraction of sp³-hybridized carbons (Fsp3) is 0. The summed E-state index contributed by atoms with van der Waals surface area (Å²) in [5.41, 5.74) is 1.22. The topological polar surface area (TPSA) is 47.6 Å². The first-order chi connectivity index (χ1) is 8.83. The lowest BCUT2D eigenvalue weighted by molar-refractivity contribution is 1.49. The summed E-state index contributed by atoms with van der Waals surface area (Å²) in [6.45, 7) is 0. The van der Waals surface area contributed by atoms with Crippen molar-refractivity contribution in [2.75, 3.05) is 0 Å². The van der Waals surface area contributed by atoms with E-state index in [1.165, 1.54) is 0 Å². The second kappa shape index (κ2) is 3.87. The van der Waals surface area contributed by atoms with Gasteiger partial charge >= 0.3 is 0 Å². The van der Waals surface area contributed by atoms with Gasteiger partial charge in [0, 0.05) is 10.8 Å². The normalized spacial score (nSPS) is 10.1. The fourth-order valence-electron chi connectivity index (χ4n) is 2.25. The van der Waals surface area contributed by atoms with E-state index in [0.717, 1.165) is 21.5 Å². The first-order valence-corrected chi connectivity index (χ1v) is 5.59. The Hall–Kier alpha value is -2.84. The third-order valence-corrected chi connectivity index (χ3v) is 3.10. The van der Waals surface area contributed by atoms with Crippen molar-refractivity contribution in [2.45, 2.75) is 0 Å². The van der Waals surface area contributed by atoms with Crippen LogP contribution in [-0.4, -0.2) is 0 Å². The predicted molar refractivity (Wildman–Crippen MR) is 70.9 cm³/mol. The van der Waals surface area contributed by atoms with Gasteiger partial charge in [-0.1, -0.05) is 30.3 Å². The molecule has 3 aromatic rings. The third kappa shape index (κ3) is 1.41. The van der Waals surface area contributed by atoms with Gasteiger partial charge < -0.3 is 0 Å². The average Bonchev–Trinajstić information content (AvgIpc) is 2.44. The summed E-state index contributed by atoms with van der Waals surface area (Å²) in [6, 6.07) is 19.7. The monoisotopic (exact) mass is 228 g/mol. The average molecular weight is 228 g/mol. The fourth-order valence-corrected chi connectivity index (χ4v) is 2.25. The van der Waals surface area contributed by atoms with Gasteiger partial charge in [-0.05, 0) is 29.0 Å². The molecule has 0 N–H and O–H groups in total. The van der Waals surface area contributed by atoms with E-state index in [1.54, 1.807) is 12.1 Å². The van der Waals surface area contributed by atoms with Crippen molar-refractivity contribution in [3.63, 3.8) is 0 Å². The molecule has 2 nitrogen and oxygen atoms in total. The summed E-state index contributed by atoms with van der Waals surface area (Å²) < 4.78 is 0. The summed E-state index contributed by atoms with van der Waals surface area (Å²) in [4.78, 5) is 0. The first-order valence-electron chi connectivity index (χ1n) is 5.59. The molecule has 2 heteroatoms. The number of nitrogens with zero attached hydrogens (tertiary/aromatic N) is 2. The molecule has 18 heavy (non-hydrogen) atoms. The Morgan fingerprint density at radius 2 is 1.50 bits per heavy atom. The van der Waals surface area contributed by atoms with E-state index in [0.29, 0.717) is 11.1 Å². The van der Waals surface area contributed by atoms with E-state index in [4.69, 9.17) is 5.26 Å². The van der Waals surface area contributed by atoms with Crippen LogP contribution in [0.4, 0.5) is 0 Å². The number of hydrogen-bond donors (Lipinski definition) is 0. The van der Waals surface area contributed by atoms with Crippen LogP contribution in [0.15, 0.2) is 48.5 Å². The highest BCUT2D eigenvalue weighted by Crippen LogP contribution is 2.28. The Bertz CT molecular complexity index is 848. The maximum absolute atomic E-state index is 9.36. The summed E-state index contributed by atoms with van der Waals surface area (Å²) in [5, 5.41) is 22.1. The summed E-state index contributed by atoms with van der Waals surface area (Å²) in [7, 11) is 0. The van der Waals surface area contributed by atoms with Crippen LogP contribution in [0.1, 0.15) is 11.1 Å². The highest BCUT2D eigenvalue weighted by Gasteiger charge is 2.07. The first kappa shape index (κ1) is 10.3. The van der Waals surface area contributed by atoms with Gasteiger partial charge in [0.1, 0.15) is 6.07 Å². The SMILES string of the molecule is N#Cc1ccc2cc3ccccc3c(C#N)c2c1. The maximum Gasteiger partial charge on any atom is 0.100 e.